The summed E-state index contributed by atoms with van der Waals surface area (Å²) >= 11 is 0. The van der Waals surface area contributed by atoms with Crippen LogP contribution in [0.2, 0.25) is 12.6 Å². The van der Waals surface area contributed by atoms with Gasteiger partial charge in [-0.1, -0.05) is 87.3 Å². The summed E-state index contributed by atoms with van der Waals surface area (Å²) in [7, 11) is 0. The van der Waals surface area contributed by atoms with E-state index in [0.29, 0.717) is 5.82 Å². The molecule has 2 aromatic rings. The van der Waals surface area contributed by atoms with E-state index in [1.807, 2.05) is 12.1 Å². The van der Waals surface area contributed by atoms with E-state index in [1.54, 1.807) is 4.97 Å². The molecule has 0 radical (unpaired) electrons. The summed E-state index contributed by atoms with van der Waals surface area (Å²) in [6.45, 7) is 4.54. The van der Waals surface area contributed by atoms with Crippen LogP contribution in [0.25, 0.3) is 0 Å². The lowest BCUT2D eigenvalue weighted by Gasteiger charge is -2.37. The molecule has 0 saturated carbocycles. The molecule has 114 valence electrons. The highest BCUT2D eigenvalue weighted by Crippen LogP contribution is 2.50. The van der Waals surface area contributed by atoms with E-state index in [0.717, 1.165) is 19.3 Å². The van der Waals surface area contributed by atoms with Crippen molar-refractivity contribution in [2.24, 2.45) is 0 Å². The first-order valence-corrected chi connectivity index (χ1v) is 8.29. The summed E-state index contributed by atoms with van der Waals surface area (Å²) in [5.74, 6) is 0.510. The summed E-state index contributed by atoms with van der Waals surface area (Å²) in [6, 6.07) is 20.9. The first kappa shape index (κ1) is 15.3. The first-order valence-electron chi connectivity index (χ1n) is 8.29. The molecule has 1 unspecified atom stereocenters. The molecule has 0 bridgehead atoms. The Morgan fingerprint density at radius 2 is 1.55 bits per heavy atom. The summed E-state index contributed by atoms with van der Waals surface area (Å²) in [5, 5.41) is 11.0. The fraction of sp³-hybridized carbons (Fsp3) is 0.368. The molecule has 1 aliphatic rings. The maximum atomic E-state index is 11.0. The van der Waals surface area contributed by atoms with Crippen LogP contribution in [-0.2, 0) is 5.54 Å². The molecule has 1 saturated heterocycles. The number of hydrogen-bond acceptors (Lipinski definition) is 2. The van der Waals surface area contributed by atoms with E-state index in [2.05, 4.69) is 62.3 Å². The molecule has 0 amide bonds. The average molecular weight is 293 g/mol. The second kappa shape index (κ2) is 6.27. The van der Waals surface area contributed by atoms with E-state index < -0.39 is 5.54 Å². The molecule has 0 aliphatic carbocycles. The van der Waals surface area contributed by atoms with Crippen molar-refractivity contribution in [2.75, 3.05) is 0 Å². The van der Waals surface area contributed by atoms with Gasteiger partial charge in [-0.3, -0.25) is 0 Å². The van der Waals surface area contributed by atoms with Gasteiger partial charge in [-0.15, -0.1) is 0 Å². The van der Waals surface area contributed by atoms with Gasteiger partial charge in [0, 0.05) is 0 Å². The molecule has 1 fully saturated rings. The van der Waals surface area contributed by atoms with Crippen LogP contribution in [0.4, 0.5) is 0 Å². The van der Waals surface area contributed by atoms with Crippen LogP contribution in [0.5, 0.6) is 0 Å². The number of rotatable bonds is 4. The zero-order valence-corrected chi connectivity index (χ0v) is 13.4. The van der Waals surface area contributed by atoms with Crippen molar-refractivity contribution >= 4 is 6.85 Å². The molecular weight excluding hydrogens is 269 g/mol. The van der Waals surface area contributed by atoms with E-state index in [-0.39, 0.29) is 6.85 Å². The third-order valence-electron chi connectivity index (χ3n) is 5.18. The van der Waals surface area contributed by atoms with Gasteiger partial charge in [0.05, 0.1) is 5.54 Å². The highest BCUT2D eigenvalue weighted by atomic mass is 16.5. The fourth-order valence-corrected chi connectivity index (χ4v) is 4.00. The van der Waals surface area contributed by atoms with Crippen molar-refractivity contribution in [1.82, 2.24) is 4.97 Å². The van der Waals surface area contributed by atoms with Gasteiger partial charge in [-0.05, 0) is 23.4 Å². The zero-order valence-electron chi connectivity index (χ0n) is 13.4. The van der Waals surface area contributed by atoms with Gasteiger partial charge in [-0.25, -0.2) is 4.97 Å². The molecule has 22 heavy (non-hydrogen) atoms. The Morgan fingerprint density at radius 1 is 1.05 bits per heavy atom. The van der Waals surface area contributed by atoms with Crippen LogP contribution in [-0.4, -0.2) is 17.0 Å². The van der Waals surface area contributed by atoms with Crippen LogP contribution in [0, 0.1) is 0 Å². The van der Waals surface area contributed by atoms with Crippen LogP contribution in [0.3, 0.4) is 0 Å². The lowest BCUT2D eigenvalue weighted by atomic mass is 9.54. The van der Waals surface area contributed by atoms with Gasteiger partial charge in [0.15, 0.2) is 0 Å². The lowest BCUT2D eigenvalue weighted by molar-refractivity contribution is -0.0729. The molecule has 2 aromatic carbocycles. The van der Waals surface area contributed by atoms with Crippen LogP contribution >= 0.6 is 0 Å². The Morgan fingerprint density at radius 3 is 2.00 bits per heavy atom. The van der Waals surface area contributed by atoms with Crippen LogP contribution in [0.15, 0.2) is 60.7 Å². The molecule has 1 heterocycles. The Balaban J connectivity index is 2.13. The number of hydroxylamine groups is 1. The second-order valence-corrected chi connectivity index (χ2v) is 6.43. The van der Waals surface area contributed by atoms with E-state index in [1.165, 1.54) is 11.1 Å². The van der Waals surface area contributed by atoms with E-state index >= 15 is 0 Å². The van der Waals surface area contributed by atoms with E-state index in [4.69, 9.17) is 0 Å². The predicted molar refractivity (Wildman–Crippen MR) is 92.2 cm³/mol. The first-order chi connectivity index (χ1) is 10.7. The maximum absolute atomic E-state index is 11.0. The minimum Gasteiger partial charge on any atom is -0.324 e. The van der Waals surface area contributed by atoms with Gasteiger partial charge in [-0.2, -0.15) is 0 Å². The Labute approximate surface area is 133 Å². The molecule has 3 rings (SSSR count). The molecule has 0 spiro atoms. The van der Waals surface area contributed by atoms with Crippen molar-refractivity contribution < 1.29 is 5.21 Å². The van der Waals surface area contributed by atoms with Crippen LogP contribution < -0.4 is 0 Å². The molecule has 1 aliphatic heterocycles. The van der Waals surface area contributed by atoms with Crippen molar-refractivity contribution in [2.45, 2.75) is 44.4 Å². The number of benzene rings is 2. The quantitative estimate of drug-likeness (QED) is 0.817. The monoisotopic (exact) mass is 293 g/mol. The smallest absolute Gasteiger partial charge is 0.258 e. The molecular formula is C19H24BNO. The number of hydrogen-bond donors (Lipinski definition) is 1. The Bertz CT molecular complexity index is 562. The van der Waals surface area contributed by atoms with Gasteiger partial charge in [0.1, 0.15) is 0 Å². The van der Waals surface area contributed by atoms with Gasteiger partial charge >= 0.3 is 0 Å². The summed E-state index contributed by atoms with van der Waals surface area (Å²) in [6.07, 6.45) is 3.27. The summed E-state index contributed by atoms with van der Waals surface area (Å²) < 4.78 is 0. The van der Waals surface area contributed by atoms with Crippen molar-refractivity contribution in [3.63, 3.8) is 0 Å². The maximum Gasteiger partial charge on any atom is 0.258 e. The average Bonchev–Trinajstić information content (AvgIpc) is 2.83. The van der Waals surface area contributed by atoms with Crippen molar-refractivity contribution in [1.29, 1.82) is 0 Å². The highest BCUT2D eigenvalue weighted by Gasteiger charge is 2.52. The van der Waals surface area contributed by atoms with Gasteiger partial charge in [0.2, 0.25) is 0 Å². The third-order valence-corrected chi connectivity index (χ3v) is 5.18. The minimum absolute atomic E-state index is 0.167. The minimum atomic E-state index is -0.429. The van der Waals surface area contributed by atoms with Crippen molar-refractivity contribution in [3.8, 4) is 0 Å². The SMILES string of the molecule is CCCC1CC(c2ccccc2)(c2ccccc2)N(O)B1C. The van der Waals surface area contributed by atoms with Gasteiger partial charge < -0.3 is 5.21 Å². The molecule has 1 atom stereocenters. The summed E-state index contributed by atoms with van der Waals surface area (Å²) in [4.78, 5) is 1.61. The Hall–Kier alpha value is -1.58. The molecule has 1 N–H and O–H groups in total. The highest BCUT2D eigenvalue weighted by molar-refractivity contribution is 6.56. The fourth-order valence-electron chi connectivity index (χ4n) is 4.00. The number of nitrogens with zero attached hydrogens (tertiary/aromatic N) is 1. The standard InChI is InChI=1S/C19H24BNO/c1-3-10-18-15-19(21(22)20(18)2,16-11-6-4-7-12-16)17-13-8-5-9-14-17/h4-9,11-14,18,22H,3,10,15H2,1-2H3. The predicted octanol–water partition coefficient (Wildman–Crippen LogP) is 4.82. The van der Waals surface area contributed by atoms with E-state index in [9.17, 15) is 5.21 Å². The van der Waals surface area contributed by atoms with Gasteiger partial charge in [0.25, 0.3) is 6.85 Å². The molecule has 3 heteroatoms. The lowest BCUT2D eigenvalue weighted by Crippen LogP contribution is -2.45. The summed E-state index contributed by atoms with van der Waals surface area (Å²) in [5.41, 5.74) is 1.92. The largest absolute Gasteiger partial charge is 0.324 e. The van der Waals surface area contributed by atoms with Crippen molar-refractivity contribution in [3.05, 3.63) is 71.8 Å². The zero-order chi connectivity index (χ0) is 15.6. The normalized spacial score (nSPS) is 21.2. The third kappa shape index (κ3) is 2.39. The topological polar surface area (TPSA) is 23.5 Å². The second-order valence-electron chi connectivity index (χ2n) is 6.43. The molecule has 0 aromatic heterocycles. The molecule has 2 nitrogen and oxygen atoms in total. The Kier molecular flexibility index (Phi) is 4.37. The van der Waals surface area contributed by atoms with Crippen LogP contribution in [0.1, 0.15) is 37.3 Å².